The van der Waals surface area contributed by atoms with Gasteiger partial charge in [-0.1, -0.05) is 12.1 Å². The number of fused-ring (bicyclic) bond motifs is 1. The lowest BCUT2D eigenvalue weighted by Crippen LogP contribution is -2.40. The maximum Gasteiger partial charge on any atom is 0.262 e. The lowest BCUT2D eigenvalue weighted by atomic mass is 10.1. The van der Waals surface area contributed by atoms with Crippen molar-refractivity contribution in [1.82, 2.24) is 5.01 Å². The number of para-hydroxylation sites is 1. The van der Waals surface area contributed by atoms with E-state index < -0.39 is 0 Å². The van der Waals surface area contributed by atoms with Crippen LogP contribution in [0.5, 0.6) is 0 Å². The quantitative estimate of drug-likeness (QED) is 0.666. The van der Waals surface area contributed by atoms with Crippen molar-refractivity contribution >= 4 is 29.1 Å². The van der Waals surface area contributed by atoms with Gasteiger partial charge in [-0.25, -0.2) is 5.01 Å². The summed E-state index contributed by atoms with van der Waals surface area (Å²) in [5.41, 5.74) is 1.87. The van der Waals surface area contributed by atoms with Gasteiger partial charge in [-0.2, -0.15) is 5.10 Å². The molecule has 0 fully saturated rings. The lowest BCUT2D eigenvalue weighted by Gasteiger charge is -2.31. The molecule has 2 aromatic heterocycles. The Morgan fingerprint density at radius 3 is 2.79 bits per heavy atom. The van der Waals surface area contributed by atoms with Crippen molar-refractivity contribution in [3.8, 4) is 0 Å². The summed E-state index contributed by atoms with van der Waals surface area (Å²) in [5, 5.41) is 6.16. The van der Waals surface area contributed by atoms with Gasteiger partial charge >= 0.3 is 0 Å². The molecule has 2 aliphatic rings. The van der Waals surface area contributed by atoms with Crippen LogP contribution in [0.25, 0.3) is 0 Å². The molecule has 0 N–H and O–H groups in total. The zero-order valence-electron chi connectivity index (χ0n) is 15.2. The molecule has 142 valence electrons. The van der Waals surface area contributed by atoms with E-state index >= 15 is 0 Å². The van der Waals surface area contributed by atoms with Crippen LogP contribution in [0.3, 0.4) is 0 Å². The predicted molar refractivity (Wildman–Crippen MR) is 108 cm³/mol. The first-order valence-corrected chi connectivity index (χ1v) is 10.2. The molecule has 0 saturated heterocycles. The number of rotatable bonds is 4. The number of furan rings is 2. The van der Waals surface area contributed by atoms with Crippen LogP contribution < -0.4 is 4.90 Å². The number of carbonyl (C=O) groups excluding carboxylic acids is 1. The molecule has 0 spiro atoms. The Hall–Kier alpha value is -2.93. The Morgan fingerprint density at radius 1 is 1.11 bits per heavy atom. The molecular weight excluding hydrogens is 374 g/mol. The first-order chi connectivity index (χ1) is 13.8. The van der Waals surface area contributed by atoms with E-state index in [1.807, 2.05) is 48.2 Å². The molecular formula is C21H19N3O3S. The minimum Gasteiger partial charge on any atom is -0.467 e. The summed E-state index contributed by atoms with van der Waals surface area (Å²) in [6, 6.07) is 15.4. The summed E-state index contributed by atoms with van der Waals surface area (Å²) in [6.45, 7) is 1.12. The first-order valence-electron chi connectivity index (χ1n) is 9.23. The third-order valence-electron chi connectivity index (χ3n) is 4.99. The topological polar surface area (TPSA) is 62.2 Å². The molecule has 6 nitrogen and oxygen atoms in total. The maximum atomic E-state index is 13.2. The SMILES string of the molecule is O=C(CN1CCSc2ccccc21)N1N=C(c2ccco2)CC1c1ccco1. The van der Waals surface area contributed by atoms with Gasteiger partial charge < -0.3 is 13.7 Å². The Balaban J connectivity index is 1.42. The average molecular weight is 393 g/mol. The molecule has 5 rings (SSSR count). The van der Waals surface area contributed by atoms with E-state index in [9.17, 15) is 4.79 Å². The summed E-state index contributed by atoms with van der Waals surface area (Å²) in [4.78, 5) is 16.6. The van der Waals surface area contributed by atoms with Gasteiger partial charge in [0.25, 0.3) is 5.91 Å². The first kappa shape index (κ1) is 17.2. The lowest BCUT2D eigenvalue weighted by molar-refractivity contribution is -0.131. The molecule has 4 heterocycles. The number of anilines is 1. The maximum absolute atomic E-state index is 13.2. The largest absolute Gasteiger partial charge is 0.467 e. The summed E-state index contributed by atoms with van der Waals surface area (Å²) >= 11 is 1.83. The Kier molecular flexibility index (Phi) is 4.44. The minimum atomic E-state index is -0.253. The summed E-state index contributed by atoms with van der Waals surface area (Å²) in [7, 11) is 0. The number of benzene rings is 1. The van der Waals surface area contributed by atoms with Crippen LogP contribution in [0.2, 0.25) is 0 Å². The smallest absolute Gasteiger partial charge is 0.262 e. The third-order valence-corrected chi connectivity index (χ3v) is 6.04. The third kappa shape index (κ3) is 3.11. The van der Waals surface area contributed by atoms with E-state index in [-0.39, 0.29) is 18.5 Å². The van der Waals surface area contributed by atoms with Gasteiger partial charge in [0.05, 0.1) is 24.8 Å². The fraction of sp³-hybridized carbons (Fsp3) is 0.238. The van der Waals surface area contributed by atoms with E-state index in [1.165, 1.54) is 4.90 Å². The van der Waals surface area contributed by atoms with Crippen molar-refractivity contribution in [2.45, 2.75) is 17.4 Å². The predicted octanol–water partition coefficient (Wildman–Crippen LogP) is 4.16. The van der Waals surface area contributed by atoms with Crippen molar-refractivity contribution in [3.63, 3.8) is 0 Å². The standard InChI is InChI=1S/C21H19N3O3S/c25-21(14-23-9-12-28-20-8-2-1-5-16(20)23)24-17(19-7-4-11-27-19)13-15(22-24)18-6-3-10-26-18/h1-8,10-11,17H,9,12-14H2. The highest BCUT2D eigenvalue weighted by atomic mass is 32.2. The van der Waals surface area contributed by atoms with Gasteiger partial charge in [0.15, 0.2) is 0 Å². The van der Waals surface area contributed by atoms with Gasteiger partial charge in [-0.3, -0.25) is 4.79 Å². The molecule has 0 saturated carbocycles. The highest BCUT2D eigenvalue weighted by molar-refractivity contribution is 7.99. The molecule has 2 aliphatic heterocycles. The molecule has 1 amide bonds. The second-order valence-electron chi connectivity index (χ2n) is 6.74. The second-order valence-corrected chi connectivity index (χ2v) is 7.87. The van der Waals surface area contributed by atoms with Crippen LogP contribution in [-0.4, -0.2) is 35.5 Å². The van der Waals surface area contributed by atoms with E-state index in [4.69, 9.17) is 8.83 Å². The minimum absolute atomic E-state index is 0.0512. The fourth-order valence-electron chi connectivity index (χ4n) is 3.66. The van der Waals surface area contributed by atoms with Crippen LogP contribution in [-0.2, 0) is 4.79 Å². The van der Waals surface area contributed by atoms with Gasteiger partial charge in [-0.15, -0.1) is 11.8 Å². The van der Waals surface area contributed by atoms with E-state index in [0.717, 1.165) is 29.5 Å². The van der Waals surface area contributed by atoms with Gasteiger partial charge in [0.2, 0.25) is 0 Å². The van der Waals surface area contributed by atoms with E-state index in [1.54, 1.807) is 17.5 Å². The molecule has 0 bridgehead atoms. The monoisotopic (exact) mass is 393 g/mol. The van der Waals surface area contributed by atoms with Crippen molar-refractivity contribution in [1.29, 1.82) is 0 Å². The number of hydrazone groups is 1. The summed E-state index contributed by atoms with van der Waals surface area (Å²) < 4.78 is 11.1. The number of carbonyl (C=O) groups is 1. The van der Waals surface area contributed by atoms with Crippen molar-refractivity contribution in [2.24, 2.45) is 5.10 Å². The molecule has 7 heteroatoms. The molecule has 28 heavy (non-hydrogen) atoms. The zero-order valence-corrected chi connectivity index (χ0v) is 16.0. The molecule has 1 unspecified atom stereocenters. The van der Waals surface area contributed by atoms with Crippen LogP contribution in [0.4, 0.5) is 5.69 Å². The Bertz CT molecular complexity index is 998. The van der Waals surface area contributed by atoms with Crippen molar-refractivity contribution in [3.05, 3.63) is 72.6 Å². The number of thioether (sulfide) groups is 1. The van der Waals surface area contributed by atoms with Crippen LogP contribution in [0.1, 0.15) is 24.0 Å². The number of nitrogens with zero attached hydrogens (tertiary/aromatic N) is 3. The van der Waals surface area contributed by atoms with Crippen molar-refractivity contribution in [2.75, 3.05) is 23.7 Å². The number of amides is 1. The van der Waals surface area contributed by atoms with Gasteiger partial charge in [0.1, 0.15) is 23.3 Å². The fourth-order valence-corrected chi connectivity index (χ4v) is 4.71. The van der Waals surface area contributed by atoms with Crippen LogP contribution in [0, 0.1) is 0 Å². The Labute approximate surface area is 166 Å². The highest BCUT2D eigenvalue weighted by Crippen LogP contribution is 2.36. The van der Waals surface area contributed by atoms with Gasteiger partial charge in [0, 0.05) is 23.6 Å². The normalized spacial score (nSPS) is 18.9. The molecule has 1 atom stereocenters. The van der Waals surface area contributed by atoms with Crippen molar-refractivity contribution < 1.29 is 13.6 Å². The van der Waals surface area contributed by atoms with Gasteiger partial charge in [-0.05, 0) is 36.4 Å². The molecule has 0 aliphatic carbocycles. The number of hydrogen-bond acceptors (Lipinski definition) is 6. The Morgan fingerprint density at radius 2 is 1.96 bits per heavy atom. The second kappa shape index (κ2) is 7.24. The van der Waals surface area contributed by atoms with E-state index in [2.05, 4.69) is 22.1 Å². The van der Waals surface area contributed by atoms with E-state index in [0.29, 0.717) is 12.2 Å². The summed E-state index contributed by atoms with van der Waals surface area (Å²) in [6.07, 6.45) is 3.81. The van der Waals surface area contributed by atoms with Crippen LogP contribution >= 0.6 is 11.8 Å². The van der Waals surface area contributed by atoms with Crippen LogP contribution in [0.15, 0.2) is 79.9 Å². The molecule has 0 radical (unpaired) electrons. The highest BCUT2D eigenvalue weighted by Gasteiger charge is 2.36. The zero-order chi connectivity index (χ0) is 18.9. The molecule has 3 aromatic rings. The average Bonchev–Trinajstić information content (AvgIpc) is 3.49. The summed E-state index contributed by atoms with van der Waals surface area (Å²) in [5.74, 6) is 2.33. The molecule has 1 aromatic carbocycles. The number of hydrogen-bond donors (Lipinski definition) is 0.